The molecule has 0 aliphatic rings. The predicted octanol–water partition coefficient (Wildman–Crippen LogP) is 2.02. The van der Waals surface area contributed by atoms with Gasteiger partial charge in [0.2, 0.25) is 17.6 Å². The maximum Gasteiger partial charge on any atom is 0.244 e. The summed E-state index contributed by atoms with van der Waals surface area (Å²) in [4.78, 5) is 25.4. The van der Waals surface area contributed by atoms with Gasteiger partial charge >= 0.3 is 0 Å². The molecule has 0 aliphatic carbocycles. The summed E-state index contributed by atoms with van der Waals surface area (Å²) in [5.74, 6) is -0.211. The molecular formula is C20H22N6O2. The quantitative estimate of drug-likeness (QED) is 0.683. The molecule has 0 atom stereocenters. The van der Waals surface area contributed by atoms with E-state index in [4.69, 9.17) is 0 Å². The van der Waals surface area contributed by atoms with Gasteiger partial charge in [-0.05, 0) is 48.7 Å². The van der Waals surface area contributed by atoms with Crippen molar-refractivity contribution in [2.24, 2.45) is 0 Å². The average molecular weight is 378 g/mol. The van der Waals surface area contributed by atoms with Crippen molar-refractivity contribution in [3.05, 3.63) is 59.2 Å². The second-order valence-electron chi connectivity index (χ2n) is 6.53. The molecule has 2 N–H and O–H groups in total. The molecule has 1 heterocycles. The molecule has 0 spiro atoms. The Labute approximate surface area is 163 Å². The fourth-order valence-electron chi connectivity index (χ4n) is 2.69. The molecule has 0 saturated carbocycles. The van der Waals surface area contributed by atoms with Gasteiger partial charge in [-0.15, -0.1) is 10.2 Å². The molecule has 3 aromatic rings. The summed E-state index contributed by atoms with van der Waals surface area (Å²) in [6, 6.07) is 13.4. The number of anilines is 1. The van der Waals surface area contributed by atoms with Gasteiger partial charge in [0.15, 0.2) is 0 Å². The first-order valence-electron chi connectivity index (χ1n) is 8.90. The zero-order valence-corrected chi connectivity index (χ0v) is 16.1. The van der Waals surface area contributed by atoms with Crippen molar-refractivity contribution in [3.63, 3.8) is 0 Å². The number of tetrazole rings is 1. The maximum atomic E-state index is 12.1. The van der Waals surface area contributed by atoms with E-state index in [0.29, 0.717) is 5.82 Å². The van der Waals surface area contributed by atoms with E-state index in [1.54, 1.807) is 0 Å². The lowest BCUT2D eigenvalue weighted by Crippen LogP contribution is -2.35. The van der Waals surface area contributed by atoms with Gasteiger partial charge in [-0.2, -0.15) is 4.80 Å². The molecule has 0 saturated heterocycles. The smallest absolute Gasteiger partial charge is 0.244 e. The van der Waals surface area contributed by atoms with Crippen LogP contribution in [0.5, 0.6) is 0 Å². The minimum absolute atomic E-state index is 0.115. The van der Waals surface area contributed by atoms with Crippen LogP contribution in [0.15, 0.2) is 42.5 Å². The second kappa shape index (κ2) is 8.43. The number of aromatic nitrogens is 4. The monoisotopic (exact) mass is 378 g/mol. The summed E-state index contributed by atoms with van der Waals surface area (Å²) in [5.41, 5.74) is 4.71. The van der Waals surface area contributed by atoms with Crippen molar-refractivity contribution in [2.75, 3.05) is 11.9 Å². The van der Waals surface area contributed by atoms with Crippen molar-refractivity contribution in [1.82, 2.24) is 25.5 Å². The Bertz CT molecular complexity index is 1010. The third kappa shape index (κ3) is 4.59. The third-order valence-electron chi connectivity index (χ3n) is 4.45. The first kappa shape index (κ1) is 19.2. The summed E-state index contributed by atoms with van der Waals surface area (Å²) in [6.45, 7) is 5.62. The van der Waals surface area contributed by atoms with E-state index >= 15 is 0 Å². The van der Waals surface area contributed by atoms with Crippen molar-refractivity contribution >= 4 is 17.5 Å². The summed E-state index contributed by atoms with van der Waals surface area (Å²) in [7, 11) is 0. The number of rotatable bonds is 6. The number of hydrogen-bond acceptors (Lipinski definition) is 5. The van der Waals surface area contributed by atoms with Crippen LogP contribution in [0.1, 0.15) is 16.7 Å². The molecule has 8 nitrogen and oxygen atoms in total. The first-order chi connectivity index (χ1) is 13.4. The minimum atomic E-state index is -0.371. The highest BCUT2D eigenvalue weighted by atomic mass is 16.2. The zero-order chi connectivity index (χ0) is 20.1. The van der Waals surface area contributed by atoms with Crippen LogP contribution in [-0.4, -0.2) is 38.6 Å². The Morgan fingerprint density at radius 3 is 2.50 bits per heavy atom. The molecule has 0 radical (unpaired) electrons. The van der Waals surface area contributed by atoms with E-state index in [0.717, 1.165) is 27.9 Å². The van der Waals surface area contributed by atoms with Gasteiger partial charge in [-0.3, -0.25) is 9.59 Å². The van der Waals surface area contributed by atoms with Crippen LogP contribution in [0, 0.1) is 20.8 Å². The zero-order valence-electron chi connectivity index (χ0n) is 16.1. The van der Waals surface area contributed by atoms with E-state index in [9.17, 15) is 9.59 Å². The predicted molar refractivity (Wildman–Crippen MR) is 106 cm³/mol. The molecule has 0 unspecified atom stereocenters. The van der Waals surface area contributed by atoms with E-state index in [1.807, 2.05) is 63.2 Å². The minimum Gasteiger partial charge on any atom is -0.345 e. The van der Waals surface area contributed by atoms with Crippen LogP contribution in [0.3, 0.4) is 0 Å². The van der Waals surface area contributed by atoms with Gasteiger partial charge in [0.05, 0.1) is 6.54 Å². The maximum absolute atomic E-state index is 12.1. The Morgan fingerprint density at radius 1 is 0.964 bits per heavy atom. The Balaban J connectivity index is 1.53. The van der Waals surface area contributed by atoms with Crippen LogP contribution in [0.25, 0.3) is 11.4 Å². The molecule has 0 fully saturated rings. The van der Waals surface area contributed by atoms with E-state index in [1.165, 1.54) is 4.80 Å². The molecule has 2 aromatic carbocycles. The lowest BCUT2D eigenvalue weighted by molar-refractivity contribution is -0.124. The van der Waals surface area contributed by atoms with Gasteiger partial charge in [-0.1, -0.05) is 36.4 Å². The molecular weight excluding hydrogens is 356 g/mol. The standard InChI is InChI=1S/C20H22N6O2/c1-13-8-6-10-17(15(13)3)22-18(27)11-21-19(28)12-26-24-20(23-25-26)16-9-5-4-7-14(16)2/h4-10H,11-12H2,1-3H3,(H,21,28)(H,22,27). The number of nitrogens with zero attached hydrogens (tertiary/aromatic N) is 4. The van der Waals surface area contributed by atoms with Crippen molar-refractivity contribution < 1.29 is 9.59 Å². The normalized spacial score (nSPS) is 10.5. The van der Waals surface area contributed by atoms with Gasteiger partial charge < -0.3 is 10.6 Å². The number of hydrogen-bond donors (Lipinski definition) is 2. The number of carbonyl (C=O) groups excluding carboxylic acids is 2. The molecule has 28 heavy (non-hydrogen) atoms. The number of aryl methyl sites for hydroxylation is 2. The van der Waals surface area contributed by atoms with Crippen molar-refractivity contribution in [1.29, 1.82) is 0 Å². The number of benzene rings is 2. The van der Waals surface area contributed by atoms with Crippen LogP contribution in [-0.2, 0) is 16.1 Å². The van der Waals surface area contributed by atoms with Gasteiger partial charge in [0.1, 0.15) is 6.54 Å². The number of nitrogens with one attached hydrogen (secondary N) is 2. The highest BCUT2D eigenvalue weighted by Gasteiger charge is 2.12. The number of carbonyl (C=O) groups is 2. The molecule has 144 valence electrons. The topological polar surface area (TPSA) is 102 Å². The van der Waals surface area contributed by atoms with Crippen molar-refractivity contribution in [2.45, 2.75) is 27.3 Å². The lowest BCUT2D eigenvalue weighted by atomic mass is 10.1. The van der Waals surface area contributed by atoms with E-state index in [2.05, 4.69) is 26.0 Å². The fourth-order valence-corrected chi connectivity index (χ4v) is 2.69. The third-order valence-corrected chi connectivity index (χ3v) is 4.45. The molecule has 1 aromatic heterocycles. The van der Waals surface area contributed by atoms with Gasteiger partial charge in [0.25, 0.3) is 0 Å². The van der Waals surface area contributed by atoms with Crippen LogP contribution in [0.2, 0.25) is 0 Å². The highest BCUT2D eigenvalue weighted by Crippen LogP contribution is 2.18. The average Bonchev–Trinajstić information content (AvgIpc) is 3.12. The molecule has 0 bridgehead atoms. The van der Waals surface area contributed by atoms with Crippen LogP contribution >= 0.6 is 0 Å². The fraction of sp³-hybridized carbons (Fsp3) is 0.250. The van der Waals surface area contributed by atoms with Gasteiger partial charge in [-0.25, -0.2) is 0 Å². The highest BCUT2D eigenvalue weighted by molar-refractivity contribution is 5.95. The number of amides is 2. The van der Waals surface area contributed by atoms with E-state index in [-0.39, 0.29) is 24.9 Å². The Morgan fingerprint density at radius 2 is 1.71 bits per heavy atom. The second-order valence-corrected chi connectivity index (χ2v) is 6.53. The van der Waals surface area contributed by atoms with Crippen LogP contribution in [0.4, 0.5) is 5.69 Å². The summed E-state index contributed by atoms with van der Waals surface area (Å²) in [5, 5.41) is 17.5. The molecule has 2 amide bonds. The van der Waals surface area contributed by atoms with E-state index < -0.39 is 0 Å². The molecule has 3 rings (SSSR count). The van der Waals surface area contributed by atoms with Crippen LogP contribution < -0.4 is 10.6 Å². The summed E-state index contributed by atoms with van der Waals surface area (Å²) < 4.78 is 0. The van der Waals surface area contributed by atoms with Gasteiger partial charge in [0, 0.05) is 11.3 Å². The summed E-state index contributed by atoms with van der Waals surface area (Å²) in [6.07, 6.45) is 0. The van der Waals surface area contributed by atoms with Crippen molar-refractivity contribution in [3.8, 4) is 11.4 Å². The summed E-state index contributed by atoms with van der Waals surface area (Å²) >= 11 is 0. The lowest BCUT2D eigenvalue weighted by Gasteiger charge is -2.10. The Hall–Kier alpha value is -3.55. The largest absolute Gasteiger partial charge is 0.345 e. The Kier molecular flexibility index (Phi) is 5.78. The first-order valence-corrected chi connectivity index (χ1v) is 8.90. The molecule has 8 heteroatoms. The SMILES string of the molecule is Cc1ccccc1-c1nnn(CC(=O)NCC(=O)Nc2cccc(C)c2C)n1. The molecule has 0 aliphatic heterocycles.